The first kappa shape index (κ1) is 15.6. The number of hydrogen-bond acceptors (Lipinski definition) is 3. The van der Waals surface area contributed by atoms with Gasteiger partial charge in [0.2, 0.25) is 10.0 Å². The molecule has 2 N–H and O–H groups in total. The molecule has 0 fully saturated rings. The van der Waals surface area contributed by atoms with Crippen LogP contribution >= 0.6 is 15.9 Å². The zero-order valence-electron chi connectivity index (χ0n) is 10.6. The van der Waals surface area contributed by atoms with Gasteiger partial charge < -0.3 is 5.32 Å². The number of nitrogens with one attached hydrogen (secondary N) is 2. The molecule has 0 aromatic heterocycles. The molecule has 18 heavy (non-hydrogen) atoms. The van der Waals surface area contributed by atoms with Gasteiger partial charge in [0, 0.05) is 10.5 Å². The second kappa shape index (κ2) is 7.23. The molecule has 4 nitrogen and oxygen atoms in total. The molecule has 0 aliphatic heterocycles. The van der Waals surface area contributed by atoms with Gasteiger partial charge in [-0.15, -0.1) is 0 Å². The van der Waals surface area contributed by atoms with E-state index in [1.807, 2.05) is 38.2 Å². The molecule has 1 rings (SSSR count). The Kier molecular flexibility index (Phi) is 6.28. The number of hydrogen-bond donors (Lipinski definition) is 2. The first-order valence-electron chi connectivity index (χ1n) is 5.84. The van der Waals surface area contributed by atoms with Crippen LogP contribution in [0, 0.1) is 0 Å². The van der Waals surface area contributed by atoms with Crippen molar-refractivity contribution in [3.63, 3.8) is 0 Å². The molecule has 6 heteroatoms. The van der Waals surface area contributed by atoms with Crippen LogP contribution in [0.15, 0.2) is 28.7 Å². The Balaban J connectivity index is 2.61. The maximum Gasteiger partial charge on any atom is 0.212 e. The van der Waals surface area contributed by atoms with Crippen LogP contribution in [0.4, 0.5) is 0 Å². The fourth-order valence-electron chi connectivity index (χ4n) is 1.61. The van der Waals surface area contributed by atoms with Crippen molar-refractivity contribution in [2.75, 3.05) is 19.3 Å². The van der Waals surface area contributed by atoms with Crippen molar-refractivity contribution in [2.45, 2.75) is 19.4 Å². The topological polar surface area (TPSA) is 58.2 Å². The Bertz CT molecular complexity index is 477. The molecule has 0 spiro atoms. The minimum absolute atomic E-state index is 0.145. The molecule has 0 aliphatic carbocycles. The largest absolute Gasteiger partial charge is 0.320 e. The third-order valence-corrected chi connectivity index (χ3v) is 4.58. The van der Waals surface area contributed by atoms with E-state index >= 15 is 0 Å². The molecule has 0 amide bonds. The molecule has 0 aliphatic rings. The Labute approximate surface area is 117 Å². The van der Waals surface area contributed by atoms with Crippen molar-refractivity contribution in [3.8, 4) is 0 Å². The molecule has 1 unspecified atom stereocenters. The lowest BCUT2D eigenvalue weighted by atomic mass is 10.1. The van der Waals surface area contributed by atoms with Crippen molar-refractivity contribution >= 4 is 26.0 Å². The molecule has 0 saturated heterocycles. The van der Waals surface area contributed by atoms with Crippen LogP contribution in [-0.4, -0.2) is 27.8 Å². The van der Waals surface area contributed by atoms with Crippen LogP contribution < -0.4 is 10.0 Å². The predicted octanol–water partition coefficient (Wildman–Crippen LogP) is 2.04. The lowest BCUT2D eigenvalue weighted by molar-refractivity contribution is 0.563. The summed E-state index contributed by atoms with van der Waals surface area (Å²) in [5.74, 6) is 0.145. The van der Waals surface area contributed by atoms with Crippen molar-refractivity contribution in [1.29, 1.82) is 0 Å². The third-order valence-electron chi connectivity index (χ3n) is 2.54. The average molecular weight is 335 g/mol. The predicted molar refractivity (Wildman–Crippen MR) is 78.0 cm³/mol. The molecule has 1 atom stereocenters. The molecule has 0 heterocycles. The third kappa shape index (κ3) is 5.48. The zero-order valence-corrected chi connectivity index (χ0v) is 13.0. The number of benzene rings is 1. The Hall–Kier alpha value is -0.430. The molecule has 102 valence electrons. The molecule has 0 bridgehead atoms. The van der Waals surface area contributed by atoms with Gasteiger partial charge in [-0.1, -0.05) is 28.1 Å². The monoisotopic (exact) mass is 334 g/mol. The maximum atomic E-state index is 11.8. The average Bonchev–Trinajstić information content (AvgIpc) is 2.28. The molecule has 1 aromatic rings. The van der Waals surface area contributed by atoms with Crippen LogP contribution in [0.1, 0.15) is 24.9 Å². The van der Waals surface area contributed by atoms with Crippen molar-refractivity contribution < 1.29 is 8.42 Å². The Morgan fingerprint density at radius 3 is 2.72 bits per heavy atom. The van der Waals surface area contributed by atoms with Gasteiger partial charge in [-0.3, -0.25) is 0 Å². The van der Waals surface area contributed by atoms with Crippen molar-refractivity contribution in [2.24, 2.45) is 0 Å². The highest BCUT2D eigenvalue weighted by molar-refractivity contribution is 9.10. The van der Waals surface area contributed by atoms with E-state index in [0.29, 0.717) is 13.0 Å². The van der Waals surface area contributed by atoms with Gasteiger partial charge in [-0.25, -0.2) is 13.1 Å². The van der Waals surface area contributed by atoms with E-state index in [0.717, 1.165) is 10.0 Å². The minimum atomic E-state index is -3.22. The van der Waals surface area contributed by atoms with E-state index in [1.165, 1.54) is 0 Å². The lowest BCUT2D eigenvalue weighted by Crippen LogP contribution is -2.30. The highest BCUT2D eigenvalue weighted by Crippen LogP contribution is 2.18. The first-order valence-corrected chi connectivity index (χ1v) is 8.29. The Morgan fingerprint density at radius 2 is 2.11 bits per heavy atom. The van der Waals surface area contributed by atoms with Gasteiger partial charge in [0.1, 0.15) is 0 Å². The number of rotatable bonds is 7. The summed E-state index contributed by atoms with van der Waals surface area (Å²) < 4.78 is 27.3. The Morgan fingerprint density at radius 1 is 1.39 bits per heavy atom. The van der Waals surface area contributed by atoms with Crippen LogP contribution in [0.25, 0.3) is 0 Å². The first-order chi connectivity index (χ1) is 8.44. The summed E-state index contributed by atoms with van der Waals surface area (Å²) in [6.45, 7) is 2.55. The summed E-state index contributed by atoms with van der Waals surface area (Å²) in [4.78, 5) is 0. The summed E-state index contributed by atoms with van der Waals surface area (Å²) in [5, 5.41) is 2.93. The fraction of sp³-hybridized carbons (Fsp3) is 0.500. The highest BCUT2D eigenvalue weighted by Gasteiger charge is 2.15. The van der Waals surface area contributed by atoms with Gasteiger partial charge in [-0.2, -0.15) is 0 Å². The van der Waals surface area contributed by atoms with Gasteiger partial charge in [0.25, 0.3) is 0 Å². The standard InChI is InChI=1S/C12H19BrN2O2S/c1-10(11-5-3-6-12(13)9-11)15-18(16,17)8-4-7-14-2/h3,5-6,9-10,14-15H,4,7-8H2,1-2H3. The minimum Gasteiger partial charge on any atom is -0.320 e. The molecule has 0 radical (unpaired) electrons. The van der Waals surface area contributed by atoms with Gasteiger partial charge in [0.05, 0.1) is 5.75 Å². The molecule has 0 saturated carbocycles. The van der Waals surface area contributed by atoms with E-state index in [-0.39, 0.29) is 11.8 Å². The number of halogens is 1. The van der Waals surface area contributed by atoms with Crippen molar-refractivity contribution in [3.05, 3.63) is 34.3 Å². The summed E-state index contributed by atoms with van der Waals surface area (Å²) in [6.07, 6.45) is 0.608. The molecular weight excluding hydrogens is 316 g/mol. The van der Waals surface area contributed by atoms with E-state index in [2.05, 4.69) is 26.0 Å². The van der Waals surface area contributed by atoms with Crippen LogP contribution in [0.2, 0.25) is 0 Å². The summed E-state index contributed by atoms with van der Waals surface area (Å²) in [6, 6.07) is 7.41. The second-order valence-corrected chi connectivity index (χ2v) is 6.96. The van der Waals surface area contributed by atoms with E-state index < -0.39 is 10.0 Å². The zero-order chi connectivity index (χ0) is 13.6. The van der Waals surface area contributed by atoms with E-state index in [9.17, 15) is 8.42 Å². The lowest BCUT2D eigenvalue weighted by Gasteiger charge is -2.14. The van der Waals surface area contributed by atoms with Gasteiger partial charge in [0.15, 0.2) is 0 Å². The summed E-state index contributed by atoms with van der Waals surface area (Å²) >= 11 is 3.38. The number of sulfonamides is 1. The van der Waals surface area contributed by atoms with Crippen LogP contribution in [0.5, 0.6) is 0 Å². The van der Waals surface area contributed by atoms with E-state index in [4.69, 9.17) is 0 Å². The van der Waals surface area contributed by atoms with Crippen LogP contribution in [0.3, 0.4) is 0 Å². The molecule has 1 aromatic carbocycles. The highest BCUT2D eigenvalue weighted by atomic mass is 79.9. The molecular formula is C12H19BrN2O2S. The second-order valence-electron chi connectivity index (χ2n) is 4.17. The van der Waals surface area contributed by atoms with E-state index in [1.54, 1.807) is 0 Å². The smallest absolute Gasteiger partial charge is 0.212 e. The fourth-order valence-corrected chi connectivity index (χ4v) is 3.35. The SMILES string of the molecule is CNCCCS(=O)(=O)NC(C)c1cccc(Br)c1. The normalized spacial score (nSPS) is 13.5. The van der Waals surface area contributed by atoms with Gasteiger partial charge in [-0.05, 0) is 44.6 Å². The van der Waals surface area contributed by atoms with Gasteiger partial charge >= 0.3 is 0 Å². The van der Waals surface area contributed by atoms with Crippen LogP contribution in [-0.2, 0) is 10.0 Å². The van der Waals surface area contributed by atoms with Crippen molar-refractivity contribution in [1.82, 2.24) is 10.0 Å². The maximum absolute atomic E-state index is 11.8. The quantitative estimate of drug-likeness (QED) is 0.750. The summed E-state index contributed by atoms with van der Waals surface area (Å²) in [7, 11) is -1.41. The summed E-state index contributed by atoms with van der Waals surface area (Å²) in [5.41, 5.74) is 0.946.